The summed E-state index contributed by atoms with van der Waals surface area (Å²) in [6, 6.07) is 0.981. The number of primary amides is 1. The number of amides is 1. The standard InChI is InChI=1S/C10H12N4O5/c1-2-13(5-8(15)16)10-7(9(11)17)3-6(4-12-10)14(18)19/h3-4H,2,5H2,1H3,(H2,11,17)(H,15,16). The first-order chi connectivity index (χ1) is 8.86. The van der Waals surface area contributed by atoms with E-state index >= 15 is 0 Å². The average Bonchev–Trinajstić information content (AvgIpc) is 2.34. The highest BCUT2D eigenvalue weighted by atomic mass is 16.6. The van der Waals surface area contributed by atoms with Crippen LogP contribution in [0.2, 0.25) is 0 Å². The van der Waals surface area contributed by atoms with Crippen molar-refractivity contribution in [2.45, 2.75) is 6.92 Å². The Hall–Kier alpha value is -2.71. The minimum absolute atomic E-state index is 0.0167. The number of likely N-dealkylation sites (N-methyl/N-ethyl adjacent to an activating group) is 1. The zero-order valence-corrected chi connectivity index (χ0v) is 10.1. The lowest BCUT2D eigenvalue weighted by Crippen LogP contribution is -2.32. The Morgan fingerprint density at radius 2 is 2.21 bits per heavy atom. The molecular formula is C10H12N4O5. The lowest BCUT2D eigenvalue weighted by molar-refractivity contribution is -0.385. The second kappa shape index (κ2) is 5.76. The zero-order chi connectivity index (χ0) is 14.6. The molecule has 1 aromatic heterocycles. The Morgan fingerprint density at radius 3 is 2.63 bits per heavy atom. The second-order valence-electron chi connectivity index (χ2n) is 3.59. The maximum absolute atomic E-state index is 11.3. The number of nitrogens with two attached hydrogens (primary N) is 1. The van der Waals surface area contributed by atoms with Crippen molar-refractivity contribution in [1.82, 2.24) is 4.98 Å². The number of rotatable bonds is 6. The fourth-order valence-electron chi connectivity index (χ4n) is 1.48. The monoisotopic (exact) mass is 268 g/mol. The summed E-state index contributed by atoms with van der Waals surface area (Å²) < 4.78 is 0. The normalized spacial score (nSPS) is 9.95. The molecule has 1 heterocycles. The second-order valence-corrected chi connectivity index (χ2v) is 3.59. The lowest BCUT2D eigenvalue weighted by atomic mass is 10.2. The summed E-state index contributed by atoms with van der Waals surface area (Å²) in [6.07, 6.45) is 0.951. The first kappa shape index (κ1) is 14.4. The molecule has 9 heteroatoms. The molecule has 0 aromatic carbocycles. The van der Waals surface area contributed by atoms with Crippen LogP contribution in [-0.4, -0.2) is 40.0 Å². The minimum Gasteiger partial charge on any atom is -0.480 e. The average molecular weight is 268 g/mol. The molecule has 0 aliphatic heterocycles. The van der Waals surface area contributed by atoms with Gasteiger partial charge in [0.05, 0.1) is 10.5 Å². The number of carboxylic acids is 1. The number of nitrogens with zero attached hydrogens (tertiary/aromatic N) is 3. The number of carbonyl (C=O) groups is 2. The van der Waals surface area contributed by atoms with E-state index in [1.165, 1.54) is 4.90 Å². The summed E-state index contributed by atoms with van der Waals surface area (Å²) in [5.41, 5.74) is 4.56. The summed E-state index contributed by atoms with van der Waals surface area (Å²) >= 11 is 0. The Bertz CT molecular complexity index is 531. The SMILES string of the molecule is CCN(CC(=O)O)c1ncc([N+](=O)[O-])cc1C(N)=O. The van der Waals surface area contributed by atoms with Gasteiger partial charge in [-0.1, -0.05) is 0 Å². The molecule has 0 radical (unpaired) electrons. The number of hydrogen-bond acceptors (Lipinski definition) is 6. The van der Waals surface area contributed by atoms with Gasteiger partial charge in [-0.05, 0) is 6.92 Å². The van der Waals surface area contributed by atoms with E-state index in [0.717, 1.165) is 12.3 Å². The highest BCUT2D eigenvalue weighted by molar-refractivity contribution is 5.98. The Balaban J connectivity index is 3.29. The molecule has 1 amide bonds. The Labute approximate surface area is 107 Å². The summed E-state index contributed by atoms with van der Waals surface area (Å²) in [5.74, 6) is -2.00. The third kappa shape index (κ3) is 3.37. The van der Waals surface area contributed by atoms with Crippen molar-refractivity contribution in [1.29, 1.82) is 0 Å². The number of aliphatic carboxylic acids is 1. The van der Waals surface area contributed by atoms with Crippen LogP contribution in [0.1, 0.15) is 17.3 Å². The fraction of sp³-hybridized carbons (Fsp3) is 0.300. The molecule has 0 saturated heterocycles. The highest BCUT2D eigenvalue weighted by Crippen LogP contribution is 2.21. The first-order valence-corrected chi connectivity index (χ1v) is 5.27. The van der Waals surface area contributed by atoms with Gasteiger partial charge in [0.15, 0.2) is 0 Å². The fourth-order valence-corrected chi connectivity index (χ4v) is 1.48. The number of hydrogen-bond donors (Lipinski definition) is 2. The summed E-state index contributed by atoms with van der Waals surface area (Å²) in [6.45, 7) is 1.54. The van der Waals surface area contributed by atoms with Crippen molar-refractivity contribution in [2.24, 2.45) is 5.73 Å². The molecule has 19 heavy (non-hydrogen) atoms. The highest BCUT2D eigenvalue weighted by Gasteiger charge is 2.21. The van der Waals surface area contributed by atoms with Crippen LogP contribution < -0.4 is 10.6 Å². The third-order valence-corrected chi connectivity index (χ3v) is 2.34. The van der Waals surface area contributed by atoms with Crippen molar-refractivity contribution in [3.05, 3.63) is 27.9 Å². The molecule has 1 rings (SSSR count). The van der Waals surface area contributed by atoms with E-state index in [4.69, 9.17) is 10.8 Å². The van der Waals surface area contributed by atoms with E-state index in [-0.39, 0.29) is 30.2 Å². The number of aromatic nitrogens is 1. The smallest absolute Gasteiger partial charge is 0.323 e. The predicted octanol–water partition coefficient (Wildman–Crippen LogP) is -0.000400. The third-order valence-electron chi connectivity index (χ3n) is 2.34. The molecule has 0 aliphatic rings. The number of pyridine rings is 1. The predicted molar refractivity (Wildman–Crippen MR) is 64.9 cm³/mol. The van der Waals surface area contributed by atoms with E-state index in [1.807, 2.05) is 0 Å². The molecular weight excluding hydrogens is 256 g/mol. The van der Waals surface area contributed by atoms with Gasteiger partial charge in [0.25, 0.3) is 11.6 Å². The van der Waals surface area contributed by atoms with Crippen molar-refractivity contribution >= 4 is 23.4 Å². The molecule has 9 nitrogen and oxygen atoms in total. The van der Waals surface area contributed by atoms with E-state index in [9.17, 15) is 19.7 Å². The van der Waals surface area contributed by atoms with E-state index in [0.29, 0.717) is 0 Å². The maximum Gasteiger partial charge on any atom is 0.323 e. The van der Waals surface area contributed by atoms with Gasteiger partial charge in [0.1, 0.15) is 18.6 Å². The minimum atomic E-state index is -1.11. The molecule has 0 saturated carbocycles. The van der Waals surface area contributed by atoms with Gasteiger partial charge >= 0.3 is 5.97 Å². The Kier molecular flexibility index (Phi) is 4.35. The molecule has 0 fully saturated rings. The molecule has 102 valence electrons. The number of carboxylic acid groups (broad SMARTS) is 1. The van der Waals surface area contributed by atoms with E-state index in [1.54, 1.807) is 6.92 Å². The van der Waals surface area contributed by atoms with Crippen LogP contribution >= 0.6 is 0 Å². The molecule has 0 unspecified atom stereocenters. The quantitative estimate of drug-likeness (QED) is 0.546. The zero-order valence-electron chi connectivity index (χ0n) is 10.1. The van der Waals surface area contributed by atoms with Crippen LogP contribution in [0.4, 0.5) is 11.5 Å². The Morgan fingerprint density at radius 1 is 1.58 bits per heavy atom. The van der Waals surface area contributed by atoms with Crippen LogP contribution in [0.15, 0.2) is 12.3 Å². The topological polar surface area (TPSA) is 140 Å². The van der Waals surface area contributed by atoms with Gasteiger partial charge < -0.3 is 15.7 Å². The number of anilines is 1. The van der Waals surface area contributed by atoms with E-state index in [2.05, 4.69) is 4.98 Å². The van der Waals surface area contributed by atoms with Gasteiger partial charge in [-0.25, -0.2) is 4.98 Å². The van der Waals surface area contributed by atoms with Crippen molar-refractivity contribution < 1.29 is 19.6 Å². The number of nitro groups is 1. The van der Waals surface area contributed by atoms with E-state index < -0.39 is 16.8 Å². The molecule has 0 bridgehead atoms. The summed E-state index contributed by atoms with van der Waals surface area (Å²) in [4.78, 5) is 36.9. The lowest BCUT2D eigenvalue weighted by Gasteiger charge is -2.21. The van der Waals surface area contributed by atoms with Crippen LogP contribution in [-0.2, 0) is 4.79 Å². The molecule has 1 aromatic rings. The van der Waals surface area contributed by atoms with Gasteiger partial charge in [-0.15, -0.1) is 0 Å². The molecule has 0 spiro atoms. The largest absolute Gasteiger partial charge is 0.480 e. The molecule has 3 N–H and O–H groups in total. The van der Waals surface area contributed by atoms with Crippen molar-refractivity contribution in [3.8, 4) is 0 Å². The van der Waals surface area contributed by atoms with Crippen LogP contribution in [0.25, 0.3) is 0 Å². The van der Waals surface area contributed by atoms with Crippen LogP contribution in [0, 0.1) is 10.1 Å². The molecule has 0 aliphatic carbocycles. The van der Waals surface area contributed by atoms with Gasteiger partial charge in [0, 0.05) is 12.6 Å². The van der Waals surface area contributed by atoms with Gasteiger partial charge in [-0.2, -0.15) is 0 Å². The first-order valence-electron chi connectivity index (χ1n) is 5.27. The van der Waals surface area contributed by atoms with Crippen LogP contribution in [0.3, 0.4) is 0 Å². The van der Waals surface area contributed by atoms with Crippen LogP contribution in [0.5, 0.6) is 0 Å². The van der Waals surface area contributed by atoms with Crippen molar-refractivity contribution in [2.75, 3.05) is 18.0 Å². The summed E-state index contributed by atoms with van der Waals surface area (Å²) in [5, 5.41) is 19.4. The maximum atomic E-state index is 11.3. The molecule has 0 atom stereocenters. The van der Waals surface area contributed by atoms with Gasteiger partial charge in [0.2, 0.25) is 0 Å². The van der Waals surface area contributed by atoms with Gasteiger partial charge in [-0.3, -0.25) is 19.7 Å². The van der Waals surface area contributed by atoms with Crippen molar-refractivity contribution in [3.63, 3.8) is 0 Å². The summed E-state index contributed by atoms with van der Waals surface area (Å²) in [7, 11) is 0. The number of carbonyl (C=O) groups excluding carboxylic acids is 1.